The molecule has 0 unspecified atom stereocenters. The normalized spacial score (nSPS) is 13.0. The highest BCUT2D eigenvalue weighted by atomic mass is 35.5. The van der Waals surface area contributed by atoms with E-state index in [0.717, 1.165) is 12.1 Å². The van der Waals surface area contributed by atoms with Crippen LogP contribution in [0.3, 0.4) is 0 Å². The summed E-state index contributed by atoms with van der Waals surface area (Å²) in [5, 5.41) is 17.5. The summed E-state index contributed by atoms with van der Waals surface area (Å²) in [6, 6.07) is 2.74. The molecule has 2 N–H and O–H groups in total. The fraction of sp³-hybridized carbons (Fsp3) is 0.250. The average molecular weight is 261 g/mol. The number of hydrogen-bond donors (Lipinski definition) is 2. The van der Waals surface area contributed by atoms with Crippen LogP contribution in [-0.2, 0) is 5.79 Å². The summed E-state index contributed by atoms with van der Waals surface area (Å²) in [5.41, 5.74) is -0.826. The second kappa shape index (κ2) is 3.83. The molecule has 0 radical (unpaired) electrons. The van der Waals surface area contributed by atoms with Gasteiger partial charge in [0.2, 0.25) is 0 Å². The van der Waals surface area contributed by atoms with E-state index in [1.807, 2.05) is 0 Å². The SMILES string of the molecule is OC(O)(c1cc(Cl)cc(Cl)c1)C(F)(F)F. The van der Waals surface area contributed by atoms with E-state index in [-0.39, 0.29) is 10.0 Å². The maximum Gasteiger partial charge on any atom is 0.447 e. The maximum atomic E-state index is 12.2. The molecule has 0 aliphatic rings. The molecule has 0 heterocycles. The third-order valence-corrected chi connectivity index (χ3v) is 2.10. The van der Waals surface area contributed by atoms with Crippen molar-refractivity contribution in [3.8, 4) is 0 Å². The Hall–Kier alpha value is -0.490. The van der Waals surface area contributed by atoms with Crippen molar-refractivity contribution in [2.24, 2.45) is 0 Å². The van der Waals surface area contributed by atoms with Crippen molar-refractivity contribution in [1.82, 2.24) is 0 Å². The number of alkyl halides is 3. The molecule has 0 aliphatic carbocycles. The highest BCUT2D eigenvalue weighted by Gasteiger charge is 2.54. The van der Waals surface area contributed by atoms with Crippen molar-refractivity contribution in [2.75, 3.05) is 0 Å². The molecule has 0 saturated carbocycles. The van der Waals surface area contributed by atoms with Crippen LogP contribution in [0.2, 0.25) is 10.0 Å². The van der Waals surface area contributed by atoms with Gasteiger partial charge in [0.05, 0.1) is 0 Å². The number of halogens is 5. The molecule has 1 aromatic carbocycles. The van der Waals surface area contributed by atoms with E-state index in [0.29, 0.717) is 0 Å². The second-order valence-corrected chi connectivity index (χ2v) is 3.70. The van der Waals surface area contributed by atoms with Gasteiger partial charge in [0.1, 0.15) is 0 Å². The average Bonchev–Trinajstić information content (AvgIpc) is 1.99. The van der Waals surface area contributed by atoms with Gasteiger partial charge in [-0.05, 0) is 18.2 Å². The minimum atomic E-state index is -5.22. The number of rotatable bonds is 1. The van der Waals surface area contributed by atoms with Crippen LogP contribution in [0.25, 0.3) is 0 Å². The van der Waals surface area contributed by atoms with Crippen molar-refractivity contribution in [2.45, 2.75) is 12.0 Å². The van der Waals surface area contributed by atoms with E-state index in [4.69, 9.17) is 33.4 Å². The quantitative estimate of drug-likeness (QED) is 0.763. The van der Waals surface area contributed by atoms with Gasteiger partial charge in [-0.1, -0.05) is 23.2 Å². The van der Waals surface area contributed by atoms with Crippen LogP contribution >= 0.6 is 23.2 Å². The largest absolute Gasteiger partial charge is 0.447 e. The van der Waals surface area contributed by atoms with Crippen molar-refractivity contribution >= 4 is 23.2 Å². The lowest BCUT2D eigenvalue weighted by molar-refractivity contribution is -0.358. The van der Waals surface area contributed by atoms with Crippen LogP contribution in [0.15, 0.2) is 18.2 Å². The topological polar surface area (TPSA) is 40.5 Å². The Labute approximate surface area is 92.9 Å². The Morgan fingerprint density at radius 2 is 1.33 bits per heavy atom. The molecule has 0 aliphatic heterocycles. The molecule has 7 heteroatoms. The first kappa shape index (κ1) is 12.6. The molecule has 0 saturated heterocycles. The monoisotopic (exact) mass is 260 g/mol. The van der Waals surface area contributed by atoms with Gasteiger partial charge in [-0.25, -0.2) is 0 Å². The smallest absolute Gasteiger partial charge is 0.355 e. The lowest BCUT2D eigenvalue weighted by atomic mass is 10.1. The van der Waals surface area contributed by atoms with Crippen LogP contribution in [0.4, 0.5) is 13.2 Å². The molecular weight excluding hydrogens is 256 g/mol. The molecule has 0 fully saturated rings. The van der Waals surface area contributed by atoms with E-state index in [2.05, 4.69) is 0 Å². The predicted molar refractivity (Wildman–Crippen MR) is 48.6 cm³/mol. The Kier molecular flexibility index (Phi) is 3.21. The molecule has 84 valence electrons. The fourth-order valence-electron chi connectivity index (χ4n) is 0.919. The van der Waals surface area contributed by atoms with Crippen molar-refractivity contribution in [3.63, 3.8) is 0 Å². The Bertz CT molecular complexity index is 356. The summed E-state index contributed by atoms with van der Waals surface area (Å²) in [5.74, 6) is -3.96. The lowest BCUT2D eigenvalue weighted by Gasteiger charge is -2.25. The van der Waals surface area contributed by atoms with Gasteiger partial charge in [-0.15, -0.1) is 0 Å². The Balaban J connectivity index is 3.27. The van der Waals surface area contributed by atoms with Crippen LogP contribution in [0, 0.1) is 0 Å². The Morgan fingerprint density at radius 3 is 1.67 bits per heavy atom. The molecule has 1 aromatic rings. The van der Waals surface area contributed by atoms with E-state index in [1.165, 1.54) is 6.07 Å². The van der Waals surface area contributed by atoms with Gasteiger partial charge in [0.15, 0.2) is 0 Å². The second-order valence-electron chi connectivity index (χ2n) is 2.83. The molecule has 0 spiro atoms. The van der Waals surface area contributed by atoms with Crippen LogP contribution in [0.1, 0.15) is 5.56 Å². The molecule has 0 amide bonds. The van der Waals surface area contributed by atoms with E-state index in [9.17, 15) is 13.2 Å². The highest BCUT2D eigenvalue weighted by molar-refractivity contribution is 6.34. The van der Waals surface area contributed by atoms with Crippen molar-refractivity contribution in [3.05, 3.63) is 33.8 Å². The summed E-state index contributed by atoms with van der Waals surface area (Å²) < 4.78 is 36.6. The zero-order valence-corrected chi connectivity index (χ0v) is 8.53. The van der Waals surface area contributed by atoms with Gasteiger partial charge in [0.25, 0.3) is 5.79 Å². The zero-order chi connectivity index (χ0) is 11.9. The first-order valence-corrected chi connectivity index (χ1v) is 4.38. The van der Waals surface area contributed by atoms with Crippen molar-refractivity contribution in [1.29, 1.82) is 0 Å². The molecule has 0 bridgehead atoms. The van der Waals surface area contributed by atoms with E-state index < -0.39 is 17.5 Å². The third kappa shape index (κ3) is 2.55. The molecule has 2 nitrogen and oxygen atoms in total. The first-order chi connectivity index (χ1) is 6.64. The van der Waals surface area contributed by atoms with E-state index in [1.54, 1.807) is 0 Å². The zero-order valence-electron chi connectivity index (χ0n) is 7.02. The molecule has 15 heavy (non-hydrogen) atoms. The lowest BCUT2D eigenvalue weighted by Crippen LogP contribution is -2.42. The number of hydrogen-bond acceptors (Lipinski definition) is 2. The molecule has 0 aromatic heterocycles. The summed E-state index contributed by atoms with van der Waals surface area (Å²) in [6.07, 6.45) is -5.22. The highest BCUT2D eigenvalue weighted by Crippen LogP contribution is 2.38. The number of benzene rings is 1. The van der Waals surface area contributed by atoms with Crippen molar-refractivity contribution < 1.29 is 23.4 Å². The Morgan fingerprint density at radius 1 is 0.933 bits per heavy atom. The molecule has 1 rings (SSSR count). The standard InChI is InChI=1S/C8H5Cl2F3O2/c9-5-1-4(2-6(10)3-5)7(14,15)8(11,12)13/h1-3,14-15H. The summed E-state index contributed by atoms with van der Waals surface area (Å²) in [7, 11) is 0. The molecule has 0 atom stereocenters. The molecular formula is C8H5Cl2F3O2. The third-order valence-electron chi connectivity index (χ3n) is 1.66. The van der Waals surface area contributed by atoms with Gasteiger partial charge < -0.3 is 10.2 Å². The first-order valence-electron chi connectivity index (χ1n) is 3.62. The summed E-state index contributed by atoms with van der Waals surface area (Å²) in [4.78, 5) is 0. The minimum Gasteiger partial charge on any atom is -0.355 e. The number of aliphatic hydroxyl groups is 2. The van der Waals surface area contributed by atoms with E-state index >= 15 is 0 Å². The van der Waals surface area contributed by atoms with Gasteiger partial charge >= 0.3 is 6.18 Å². The van der Waals surface area contributed by atoms with Crippen LogP contribution < -0.4 is 0 Å². The van der Waals surface area contributed by atoms with Gasteiger partial charge in [-0.2, -0.15) is 13.2 Å². The van der Waals surface area contributed by atoms with Crippen LogP contribution in [0.5, 0.6) is 0 Å². The predicted octanol–water partition coefficient (Wildman–Crippen LogP) is 2.69. The fourth-order valence-corrected chi connectivity index (χ4v) is 1.44. The van der Waals surface area contributed by atoms with Crippen LogP contribution in [-0.4, -0.2) is 16.4 Å². The summed E-state index contributed by atoms with van der Waals surface area (Å²) in [6.45, 7) is 0. The van der Waals surface area contributed by atoms with Gasteiger partial charge in [0, 0.05) is 15.6 Å². The summed E-state index contributed by atoms with van der Waals surface area (Å²) >= 11 is 10.9. The minimum absolute atomic E-state index is 0.116. The van der Waals surface area contributed by atoms with Gasteiger partial charge in [-0.3, -0.25) is 0 Å². The maximum absolute atomic E-state index is 12.2.